The van der Waals surface area contributed by atoms with Gasteiger partial charge < -0.3 is 14.4 Å². The molecule has 0 bridgehead atoms. The van der Waals surface area contributed by atoms with Crippen LogP contribution in [0.2, 0.25) is 5.02 Å². The van der Waals surface area contributed by atoms with Crippen molar-refractivity contribution in [2.45, 2.75) is 37.1 Å². The molecule has 0 aliphatic carbocycles. The highest BCUT2D eigenvalue weighted by Gasteiger charge is 2.34. The molecule has 34 heavy (non-hydrogen) atoms. The number of hydrogen-bond acceptors (Lipinski definition) is 6. The highest BCUT2D eigenvalue weighted by atomic mass is 35.5. The zero-order valence-electron chi connectivity index (χ0n) is 19.2. The van der Waals surface area contributed by atoms with Gasteiger partial charge in [-0.05, 0) is 49.9 Å². The van der Waals surface area contributed by atoms with E-state index in [1.165, 1.54) is 25.3 Å². The van der Waals surface area contributed by atoms with Gasteiger partial charge in [-0.2, -0.15) is 4.72 Å². The third-order valence-electron chi connectivity index (χ3n) is 5.74. The Kier molecular flexibility index (Phi) is 8.93. The maximum atomic E-state index is 13.4. The summed E-state index contributed by atoms with van der Waals surface area (Å²) in [5.41, 5.74) is 0.817. The van der Waals surface area contributed by atoms with E-state index in [2.05, 4.69) is 4.72 Å². The molecule has 0 saturated carbocycles. The molecule has 0 spiro atoms. The van der Waals surface area contributed by atoms with Crippen molar-refractivity contribution < 1.29 is 27.5 Å². The first-order chi connectivity index (χ1) is 16.2. The van der Waals surface area contributed by atoms with Crippen molar-refractivity contribution in [3.8, 4) is 5.75 Å². The number of esters is 1. The van der Waals surface area contributed by atoms with Crippen LogP contribution < -0.4 is 9.46 Å². The second-order valence-corrected chi connectivity index (χ2v) is 10.1. The topological polar surface area (TPSA) is 102 Å². The second kappa shape index (κ2) is 11.7. The summed E-state index contributed by atoms with van der Waals surface area (Å²) >= 11 is 6.12. The van der Waals surface area contributed by atoms with E-state index < -0.39 is 16.1 Å². The number of likely N-dealkylation sites (tertiary alicyclic amines) is 1. The Morgan fingerprint density at radius 3 is 2.41 bits per heavy atom. The van der Waals surface area contributed by atoms with Gasteiger partial charge in [0.2, 0.25) is 15.9 Å². The fourth-order valence-corrected chi connectivity index (χ4v) is 5.45. The number of halogens is 1. The molecule has 184 valence electrons. The molecular formula is C24H29ClN2O6S. The Labute approximate surface area is 205 Å². The number of carbonyl (C=O) groups excluding carboxylic acids is 2. The molecule has 3 rings (SSSR count). The molecule has 0 radical (unpaired) electrons. The van der Waals surface area contributed by atoms with Crippen LogP contribution in [0.15, 0.2) is 53.4 Å². The van der Waals surface area contributed by atoms with Crippen LogP contribution in [-0.2, 0) is 30.8 Å². The Bertz CT molecular complexity index is 1100. The molecule has 1 fully saturated rings. The van der Waals surface area contributed by atoms with Gasteiger partial charge in [0.1, 0.15) is 11.8 Å². The fraction of sp³-hybridized carbons (Fsp3) is 0.417. The summed E-state index contributed by atoms with van der Waals surface area (Å²) in [4.78, 5) is 27.0. The number of hydrogen-bond donors (Lipinski definition) is 1. The number of piperidine rings is 1. The summed E-state index contributed by atoms with van der Waals surface area (Å²) < 4.78 is 39.0. The number of methoxy groups -OCH3 is 1. The number of sulfonamides is 1. The van der Waals surface area contributed by atoms with Crippen molar-refractivity contribution in [2.24, 2.45) is 5.92 Å². The fourth-order valence-electron chi connectivity index (χ4n) is 3.91. The minimum atomic E-state index is -4.05. The van der Waals surface area contributed by atoms with Crippen molar-refractivity contribution in [3.05, 3.63) is 59.1 Å². The Balaban J connectivity index is 1.79. The number of benzene rings is 2. The number of carbonyl (C=O) groups is 2. The van der Waals surface area contributed by atoms with E-state index in [1.54, 1.807) is 11.8 Å². The largest absolute Gasteiger partial charge is 0.495 e. The summed E-state index contributed by atoms with van der Waals surface area (Å²) in [6, 6.07) is 12.3. The van der Waals surface area contributed by atoms with Gasteiger partial charge >= 0.3 is 5.97 Å². The SMILES string of the molecule is CCOC(=O)C1CCN(C(=O)[C@H](Cc2ccccc2)NS(=O)(=O)c2ccc(OC)c(Cl)c2)CC1. The van der Waals surface area contributed by atoms with E-state index in [1.807, 2.05) is 30.3 Å². The van der Waals surface area contributed by atoms with Crippen LogP contribution in [0.25, 0.3) is 0 Å². The number of amides is 1. The summed E-state index contributed by atoms with van der Waals surface area (Å²) in [6.07, 6.45) is 1.13. The molecule has 1 N–H and O–H groups in total. The maximum Gasteiger partial charge on any atom is 0.309 e. The zero-order valence-corrected chi connectivity index (χ0v) is 20.8. The Hall–Kier alpha value is -2.62. The van der Waals surface area contributed by atoms with E-state index >= 15 is 0 Å². The summed E-state index contributed by atoms with van der Waals surface area (Å²) in [7, 11) is -2.62. The molecule has 2 aromatic carbocycles. The van der Waals surface area contributed by atoms with E-state index in [0.29, 0.717) is 38.3 Å². The van der Waals surface area contributed by atoms with Gasteiger partial charge in [-0.15, -0.1) is 0 Å². The molecule has 10 heteroatoms. The van der Waals surface area contributed by atoms with Crippen molar-refractivity contribution in [3.63, 3.8) is 0 Å². The third-order valence-corrected chi connectivity index (χ3v) is 7.50. The minimum Gasteiger partial charge on any atom is -0.495 e. The standard InChI is InChI=1S/C24H29ClN2O6S/c1-3-33-24(29)18-11-13-27(14-12-18)23(28)21(15-17-7-5-4-6-8-17)26-34(30,31)19-9-10-22(32-2)20(25)16-19/h4-10,16,18,21,26H,3,11-15H2,1-2H3/t21-/m0/s1. The average Bonchev–Trinajstić information content (AvgIpc) is 2.84. The van der Waals surface area contributed by atoms with E-state index in [4.69, 9.17) is 21.1 Å². The molecule has 8 nitrogen and oxygen atoms in total. The quantitative estimate of drug-likeness (QED) is 0.522. The number of ether oxygens (including phenoxy) is 2. The molecule has 0 unspecified atom stereocenters. The third kappa shape index (κ3) is 6.49. The molecule has 2 aromatic rings. The first-order valence-corrected chi connectivity index (χ1v) is 13.0. The lowest BCUT2D eigenvalue weighted by atomic mass is 9.96. The molecule has 1 amide bonds. The lowest BCUT2D eigenvalue weighted by molar-refractivity contribution is -0.151. The maximum absolute atomic E-state index is 13.4. The number of nitrogens with zero attached hydrogens (tertiary/aromatic N) is 1. The molecule has 0 aromatic heterocycles. The molecule has 1 aliphatic rings. The van der Waals surface area contributed by atoms with Crippen molar-refractivity contribution in [1.82, 2.24) is 9.62 Å². The lowest BCUT2D eigenvalue weighted by Gasteiger charge is -2.33. The van der Waals surface area contributed by atoms with Crippen LogP contribution in [0.5, 0.6) is 5.75 Å². The molecule has 1 aliphatic heterocycles. The highest BCUT2D eigenvalue weighted by molar-refractivity contribution is 7.89. The van der Waals surface area contributed by atoms with E-state index in [0.717, 1.165) is 5.56 Å². The molecule has 1 saturated heterocycles. The summed E-state index contributed by atoms with van der Waals surface area (Å²) in [6.45, 7) is 2.77. The first kappa shape index (κ1) is 26.0. The second-order valence-electron chi connectivity index (χ2n) is 8.01. The molecular weight excluding hydrogens is 480 g/mol. The summed E-state index contributed by atoms with van der Waals surface area (Å²) in [5.74, 6) is -0.501. The molecule has 1 heterocycles. The van der Waals surface area contributed by atoms with Crippen LogP contribution in [0.3, 0.4) is 0 Å². The van der Waals surface area contributed by atoms with Crippen molar-refractivity contribution >= 4 is 33.5 Å². The Morgan fingerprint density at radius 1 is 1.15 bits per heavy atom. The average molecular weight is 509 g/mol. The van der Waals surface area contributed by atoms with Crippen LogP contribution in [0, 0.1) is 5.92 Å². The predicted octanol–water partition coefficient (Wildman–Crippen LogP) is 3.04. The van der Waals surface area contributed by atoms with Gasteiger partial charge in [0, 0.05) is 13.1 Å². The van der Waals surface area contributed by atoms with Gasteiger partial charge in [-0.25, -0.2) is 8.42 Å². The van der Waals surface area contributed by atoms with E-state index in [9.17, 15) is 18.0 Å². The molecule has 1 atom stereocenters. The minimum absolute atomic E-state index is 0.0646. The van der Waals surface area contributed by atoms with Gasteiger partial charge in [-0.1, -0.05) is 41.9 Å². The Morgan fingerprint density at radius 2 is 1.82 bits per heavy atom. The monoisotopic (exact) mass is 508 g/mol. The van der Waals surface area contributed by atoms with Crippen LogP contribution in [0.4, 0.5) is 0 Å². The lowest BCUT2D eigenvalue weighted by Crippen LogP contribution is -2.52. The van der Waals surface area contributed by atoms with E-state index in [-0.39, 0.29) is 34.1 Å². The van der Waals surface area contributed by atoms with Gasteiger partial charge in [0.15, 0.2) is 0 Å². The first-order valence-electron chi connectivity index (χ1n) is 11.1. The smallest absolute Gasteiger partial charge is 0.309 e. The summed E-state index contributed by atoms with van der Waals surface area (Å²) in [5, 5.41) is 0.150. The van der Waals surface area contributed by atoms with Crippen molar-refractivity contribution in [2.75, 3.05) is 26.8 Å². The predicted molar refractivity (Wildman–Crippen MR) is 128 cm³/mol. The van der Waals surface area contributed by atoms with Crippen molar-refractivity contribution in [1.29, 1.82) is 0 Å². The zero-order chi connectivity index (χ0) is 24.7. The van der Waals surface area contributed by atoms with Crippen LogP contribution >= 0.6 is 11.6 Å². The normalized spacial score (nSPS) is 15.6. The highest BCUT2D eigenvalue weighted by Crippen LogP contribution is 2.27. The number of rotatable bonds is 9. The number of nitrogens with one attached hydrogen (secondary N) is 1. The van der Waals surface area contributed by atoms with Crippen LogP contribution in [0.1, 0.15) is 25.3 Å². The van der Waals surface area contributed by atoms with Gasteiger partial charge in [0.25, 0.3) is 0 Å². The van der Waals surface area contributed by atoms with Gasteiger partial charge in [0.05, 0.1) is 29.6 Å². The van der Waals surface area contributed by atoms with Crippen LogP contribution in [-0.4, -0.2) is 58.0 Å². The van der Waals surface area contributed by atoms with Gasteiger partial charge in [-0.3, -0.25) is 9.59 Å².